The van der Waals surface area contributed by atoms with Gasteiger partial charge in [-0.1, -0.05) is 11.3 Å². The number of alkyl halides is 1. The Bertz CT molecular complexity index is 989. The summed E-state index contributed by atoms with van der Waals surface area (Å²) >= 11 is 0. The van der Waals surface area contributed by atoms with E-state index >= 15 is 0 Å². The standard InChI is InChI=1S/C18H18FN5O2/c1-12-16(17(26)23-8-6-18(19,10-23)11-25)21-22-24(12)14-4-5-15-13(9-14)3-2-7-20-15/h2-5,7,9,25H,6,8,10-11H2,1H3. The van der Waals surface area contributed by atoms with Crippen molar-refractivity contribution in [1.82, 2.24) is 24.9 Å². The Morgan fingerprint density at radius 2 is 2.23 bits per heavy atom. The summed E-state index contributed by atoms with van der Waals surface area (Å²) in [6, 6.07) is 9.47. The zero-order valence-corrected chi connectivity index (χ0v) is 14.3. The molecule has 7 nitrogen and oxygen atoms in total. The van der Waals surface area contributed by atoms with Crippen LogP contribution in [0.4, 0.5) is 4.39 Å². The lowest BCUT2D eigenvalue weighted by Crippen LogP contribution is -2.36. The first kappa shape index (κ1) is 16.6. The third kappa shape index (κ3) is 2.72. The minimum atomic E-state index is -1.73. The van der Waals surface area contributed by atoms with Gasteiger partial charge in [0.1, 0.15) is 0 Å². The lowest BCUT2D eigenvalue weighted by Gasteiger charge is -2.18. The van der Waals surface area contributed by atoms with Gasteiger partial charge in [0, 0.05) is 24.5 Å². The molecular formula is C18H18FN5O2. The van der Waals surface area contributed by atoms with E-state index in [1.54, 1.807) is 17.8 Å². The Labute approximate surface area is 149 Å². The molecule has 1 fully saturated rings. The predicted octanol–water partition coefficient (Wildman–Crippen LogP) is 1.67. The summed E-state index contributed by atoms with van der Waals surface area (Å²) in [5, 5.41) is 18.2. The van der Waals surface area contributed by atoms with Crippen LogP contribution in [0.25, 0.3) is 16.6 Å². The van der Waals surface area contributed by atoms with Crippen LogP contribution in [0.3, 0.4) is 0 Å². The normalized spacial score (nSPS) is 20.0. The quantitative estimate of drug-likeness (QED) is 0.773. The van der Waals surface area contributed by atoms with Gasteiger partial charge in [-0.25, -0.2) is 9.07 Å². The third-order valence-electron chi connectivity index (χ3n) is 4.80. The molecule has 0 radical (unpaired) electrons. The Balaban J connectivity index is 1.64. The first-order chi connectivity index (χ1) is 12.5. The topological polar surface area (TPSA) is 84.1 Å². The number of halogens is 1. The summed E-state index contributed by atoms with van der Waals surface area (Å²) in [6.07, 6.45) is 1.85. The molecule has 1 aliphatic rings. The Morgan fingerprint density at radius 3 is 3.00 bits per heavy atom. The van der Waals surface area contributed by atoms with Crippen molar-refractivity contribution in [2.45, 2.75) is 19.0 Å². The molecular weight excluding hydrogens is 337 g/mol. The van der Waals surface area contributed by atoms with Gasteiger partial charge in [0.05, 0.1) is 30.0 Å². The number of likely N-dealkylation sites (tertiary alicyclic amines) is 1. The van der Waals surface area contributed by atoms with Crippen molar-refractivity contribution in [3.05, 3.63) is 47.9 Å². The largest absolute Gasteiger partial charge is 0.393 e. The number of nitrogens with zero attached hydrogens (tertiary/aromatic N) is 5. The number of carbonyl (C=O) groups is 1. The number of rotatable bonds is 3. The van der Waals surface area contributed by atoms with Crippen molar-refractivity contribution in [2.75, 3.05) is 19.7 Å². The van der Waals surface area contributed by atoms with E-state index in [0.29, 0.717) is 5.69 Å². The average molecular weight is 355 g/mol. The van der Waals surface area contributed by atoms with Crippen LogP contribution in [0.1, 0.15) is 22.6 Å². The predicted molar refractivity (Wildman–Crippen MR) is 92.8 cm³/mol. The van der Waals surface area contributed by atoms with Crippen LogP contribution in [0, 0.1) is 6.92 Å². The highest BCUT2D eigenvalue weighted by Crippen LogP contribution is 2.27. The van der Waals surface area contributed by atoms with Gasteiger partial charge in [0.15, 0.2) is 11.4 Å². The van der Waals surface area contributed by atoms with Crippen molar-refractivity contribution in [3.63, 3.8) is 0 Å². The molecule has 1 saturated heterocycles. The fourth-order valence-electron chi connectivity index (χ4n) is 3.25. The van der Waals surface area contributed by atoms with Crippen LogP contribution in [0.5, 0.6) is 0 Å². The molecule has 1 atom stereocenters. The Morgan fingerprint density at radius 1 is 1.38 bits per heavy atom. The fourth-order valence-corrected chi connectivity index (χ4v) is 3.25. The van der Waals surface area contributed by atoms with E-state index in [9.17, 15) is 9.18 Å². The minimum Gasteiger partial charge on any atom is -0.393 e. The van der Waals surface area contributed by atoms with Gasteiger partial charge in [-0.2, -0.15) is 0 Å². The second-order valence-electron chi connectivity index (χ2n) is 6.60. The number of aromatic nitrogens is 4. The van der Waals surface area contributed by atoms with E-state index in [-0.39, 0.29) is 31.1 Å². The highest BCUT2D eigenvalue weighted by atomic mass is 19.1. The SMILES string of the molecule is Cc1c(C(=O)N2CCC(F)(CO)C2)nnn1-c1ccc2ncccc2c1. The zero-order valence-electron chi connectivity index (χ0n) is 14.3. The third-order valence-corrected chi connectivity index (χ3v) is 4.80. The number of fused-ring (bicyclic) bond motifs is 1. The van der Waals surface area contributed by atoms with Crippen molar-refractivity contribution in [3.8, 4) is 5.69 Å². The molecule has 2 aromatic heterocycles. The molecule has 3 aromatic rings. The number of aliphatic hydroxyl groups excluding tert-OH is 1. The Hall–Kier alpha value is -2.87. The highest BCUT2D eigenvalue weighted by molar-refractivity contribution is 5.93. The number of aliphatic hydroxyl groups is 1. The molecule has 3 heterocycles. The lowest BCUT2D eigenvalue weighted by molar-refractivity contribution is 0.0627. The van der Waals surface area contributed by atoms with Crippen molar-refractivity contribution < 1.29 is 14.3 Å². The van der Waals surface area contributed by atoms with E-state index in [1.165, 1.54) is 4.90 Å². The monoisotopic (exact) mass is 355 g/mol. The Kier molecular flexibility index (Phi) is 3.91. The second kappa shape index (κ2) is 6.14. The molecule has 4 rings (SSSR count). The van der Waals surface area contributed by atoms with Crippen LogP contribution in [-0.4, -0.2) is 61.3 Å². The maximum atomic E-state index is 14.2. The summed E-state index contributed by atoms with van der Waals surface area (Å²) in [5.41, 5.74) is 0.680. The number of amides is 1. The van der Waals surface area contributed by atoms with E-state index in [2.05, 4.69) is 15.3 Å². The summed E-state index contributed by atoms with van der Waals surface area (Å²) < 4.78 is 15.8. The van der Waals surface area contributed by atoms with Crippen molar-refractivity contribution in [1.29, 1.82) is 0 Å². The molecule has 1 amide bonds. The molecule has 134 valence electrons. The number of hydrogen-bond acceptors (Lipinski definition) is 5. The van der Waals surface area contributed by atoms with Gasteiger partial charge in [-0.3, -0.25) is 9.78 Å². The van der Waals surface area contributed by atoms with Gasteiger partial charge < -0.3 is 10.0 Å². The van der Waals surface area contributed by atoms with E-state index in [1.807, 2.05) is 30.3 Å². The maximum Gasteiger partial charge on any atom is 0.276 e. The summed E-state index contributed by atoms with van der Waals surface area (Å²) in [7, 11) is 0. The maximum absolute atomic E-state index is 14.2. The number of pyridine rings is 1. The summed E-state index contributed by atoms with van der Waals surface area (Å²) in [6.45, 7) is 1.29. The number of carbonyl (C=O) groups excluding carboxylic acids is 1. The molecule has 0 spiro atoms. The summed E-state index contributed by atoms with van der Waals surface area (Å²) in [4.78, 5) is 18.3. The van der Waals surface area contributed by atoms with Gasteiger partial charge >= 0.3 is 0 Å². The first-order valence-electron chi connectivity index (χ1n) is 8.37. The smallest absolute Gasteiger partial charge is 0.276 e. The van der Waals surface area contributed by atoms with Crippen LogP contribution < -0.4 is 0 Å². The van der Waals surface area contributed by atoms with Crippen LogP contribution >= 0.6 is 0 Å². The molecule has 1 unspecified atom stereocenters. The van der Waals surface area contributed by atoms with Gasteiger partial charge in [-0.05, 0) is 31.2 Å². The molecule has 0 bridgehead atoms. The molecule has 0 aliphatic carbocycles. The zero-order chi connectivity index (χ0) is 18.3. The molecule has 8 heteroatoms. The second-order valence-corrected chi connectivity index (χ2v) is 6.60. The van der Waals surface area contributed by atoms with Crippen molar-refractivity contribution in [2.24, 2.45) is 0 Å². The van der Waals surface area contributed by atoms with Gasteiger partial charge in [-0.15, -0.1) is 5.10 Å². The van der Waals surface area contributed by atoms with E-state index < -0.39 is 12.3 Å². The molecule has 1 N–H and O–H groups in total. The lowest BCUT2D eigenvalue weighted by atomic mass is 10.1. The van der Waals surface area contributed by atoms with E-state index in [4.69, 9.17) is 5.11 Å². The number of benzene rings is 1. The number of hydrogen-bond donors (Lipinski definition) is 1. The highest BCUT2D eigenvalue weighted by Gasteiger charge is 2.41. The molecule has 26 heavy (non-hydrogen) atoms. The molecule has 0 saturated carbocycles. The van der Waals surface area contributed by atoms with Crippen molar-refractivity contribution >= 4 is 16.8 Å². The molecule has 1 aliphatic heterocycles. The first-order valence-corrected chi connectivity index (χ1v) is 8.37. The molecule has 1 aromatic carbocycles. The fraction of sp³-hybridized carbons (Fsp3) is 0.333. The van der Waals surface area contributed by atoms with Crippen LogP contribution in [0.15, 0.2) is 36.5 Å². The van der Waals surface area contributed by atoms with Crippen LogP contribution in [-0.2, 0) is 0 Å². The minimum absolute atomic E-state index is 0.125. The summed E-state index contributed by atoms with van der Waals surface area (Å²) in [5.74, 6) is -0.371. The van der Waals surface area contributed by atoms with E-state index in [0.717, 1.165) is 16.6 Å². The van der Waals surface area contributed by atoms with Gasteiger partial charge in [0.25, 0.3) is 5.91 Å². The van der Waals surface area contributed by atoms with Crippen LogP contribution in [0.2, 0.25) is 0 Å². The van der Waals surface area contributed by atoms with Gasteiger partial charge in [0.2, 0.25) is 0 Å². The average Bonchev–Trinajstić information content (AvgIpc) is 3.25.